The van der Waals surface area contributed by atoms with Gasteiger partial charge in [-0.2, -0.15) is 0 Å². The zero-order valence-electron chi connectivity index (χ0n) is 16.2. The summed E-state index contributed by atoms with van der Waals surface area (Å²) in [4.78, 5) is 30.6. The van der Waals surface area contributed by atoms with Gasteiger partial charge in [-0.3, -0.25) is 9.78 Å². The van der Waals surface area contributed by atoms with Crippen molar-refractivity contribution in [1.29, 1.82) is 0 Å². The fraction of sp³-hybridized carbons (Fsp3) is 0.350. The molecule has 2 heterocycles. The topological polar surface area (TPSA) is 90.0 Å². The summed E-state index contributed by atoms with van der Waals surface area (Å²) < 4.78 is 15.6. The first kappa shape index (κ1) is 19.5. The number of fused-ring (bicyclic) bond motifs is 1. The van der Waals surface area contributed by atoms with Gasteiger partial charge in [-0.1, -0.05) is 0 Å². The maximum Gasteiger partial charge on any atom is 0.410 e. The Hall–Kier alpha value is -3.29. The molecule has 1 aliphatic heterocycles. The van der Waals surface area contributed by atoms with E-state index < -0.39 is 0 Å². The Morgan fingerprint density at radius 1 is 1.21 bits per heavy atom. The maximum atomic E-state index is 12.9. The first-order valence-corrected chi connectivity index (χ1v) is 8.98. The average molecular weight is 385 g/mol. The van der Waals surface area contributed by atoms with Crippen LogP contribution in [-0.4, -0.2) is 49.3 Å². The van der Waals surface area contributed by atoms with Gasteiger partial charge in [0.05, 0.1) is 38.6 Å². The number of carbonyl (C=O) groups excluding carboxylic acids is 2. The Morgan fingerprint density at radius 2 is 2.04 bits per heavy atom. The lowest BCUT2D eigenvalue weighted by atomic mass is 9.97. The van der Waals surface area contributed by atoms with Crippen molar-refractivity contribution in [2.45, 2.75) is 19.9 Å². The molecule has 1 aromatic carbocycles. The molecule has 0 fully saturated rings. The Bertz CT molecular complexity index is 884. The average Bonchev–Trinajstić information content (AvgIpc) is 2.73. The standard InChI is InChI=1S/C20H23N3O5/c1-4-28-20(25)23-8-7-15-13(12-23)10-21-11-16(15)19(24)22-17-6-5-14(26-2)9-18(17)27-3/h5-6,9-11H,4,7-8,12H2,1-3H3,(H,22,24). The molecule has 1 aliphatic rings. The molecule has 3 rings (SSSR count). The molecule has 1 aromatic heterocycles. The van der Waals surface area contributed by atoms with E-state index >= 15 is 0 Å². The second kappa shape index (κ2) is 8.60. The van der Waals surface area contributed by atoms with Crippen LogP contribution < -0.4 is 14.8 Å². The molecule has 148 valence electrons. The number of hydrogen-bond acceptors (Lipinski definition) is 6. The van der Waals surface area contributed by atoms with Gasteiger partial charge in [-0.05, 0) is 36.6 Å². The van der Waals surface area contributed by atoms with Crippen LogP contribution in [0.2, 0.25) is 0 Å². The quantitative estimate of drug-likeness (QED) is 0.851. The highest BCUT2D eigenvalue weighted by atomic mass is 16.6. The Kier molecular flexibility index (Phi) is 5.98. The summed E-state index contributed by atoms with van der Waals surface area (Å²) in [5.74, 6) is 0.851. The lowest BCUT2D eigenvalue weighted by Crippen LogP contribution is -2.37. The van der Waals surface area contributed by atoms with Crippen LogP contribution in [0.25, 0.3) is 0 Å². The number of methoxy groups -OCH3 is 2. The third-order valence-corrected chi connectivity index (χ3v) is 4.57. The first-order chi connectivity index (χ1) is 13.6. The third kappa shape index (κ3) is 4.00. The summed E-state index contributed by atoms with van der Waals surface area (Å²) in [7, 11) is 3.09. The molecule has 1 N–H and O–H groups in total. The zero-order valence-corrected chi connectivity index (χ0v) is 16.2. The van der Waals surface area contributed by atoms with Crippen LogP contribution in [0.1, 0.15) is 28.4 Å². The van der Waals surface area contributed by atoms with Crippen LogP contribution >= 0.6 is 0 Å². The summed E-state index contributed by atoms with van der Waals surface area (Å²) in [5.41, 5.74) is 2.75. The van der Waals surface area contributed by atoms with E-state index in [9.17, 15) is 9.59 Å². The number of nitrogens with one attached hydrogen (secondary N) is 1. The molecule has 28 heavy (non-hydrogen) atoms. The van der Waals surface area contributed by atoms with Crippen LogP contribution in [0.5, 0.6) is 11.5 Å². The predicted molar refractivity (Wildman–Crippen MR) is 103 cm³/mol. The Balaban J connectivity index is 1.81. The minimum Gasteiger partial charge on any atom is -0.497 e. The monoisotopic (exact) mass is 385 g/mol. The Morgan fingerprint density at radius 3 is 2.75 bits per heavy atom. The number of ether oxygens (including phenoxy) is 3. The van der Waals surface area contributed by atoms with E-state index in [0.29, 0.717) is 48.9 Å². The fourth-order valence-corrected chi connectivity index (χ4v) is 3.15. The minimum absolute atomic E-state index is 0.280. The highest BCUT2D eigenvalue weighted by molar-refractivity contribution is 6.06. The van der Waals surface area contributed by atoms with Gasteiger partial charge < -0.3 is 24.4 Å². The molecule has 0 atom stereocenters. The van der Waals surface area contributed by atoms with Gasteiger partial charge in [-0.15, -0.1) is 0 Å². The van der Waals surface area contributed by atoms with Crippen molar-refractivity contribution in [2.75, 3.05) is 32.7 Å². The van der Waals surface area contributed by atoms with E-state index in [1.165, 1.54) is 7.11 Å². The van der Waals surface area contributed by atoms with Crippen LogP contribution in [0, 0.1) is 0 Å². The Labute approximate surface area is 163 Å². The van der Waals surface area contributed by atoms with Crippen molar-refractivity contribution in [3.8, 4) is 11.5 Å². The summed E-state index contributed by atoms with van der Waals surface area (Å²) >= 11 is 0. The normalized spacial score (nSPS) is 12.8. The number of benzene rings is 1. The lowest BCUT2D eigenvalue weighted by Gasteiger charge is -2.28. The summed E-state index contributed by atoms with van der Waals surface area (Å²) in [6.07, 6.45) is 3.43. The van der Waals surface area contributed by atoms with Gasteiger partial charge in [0.1, 0.15) is 11.5 Å². The van der Waals surface area contributed by atoms with Crippen molar-refractivity contribution in [3.63, 3.8) is 0 Å². The van der Waals surface area contributed by atoms with Crippen LogP contribution in [0.15, 0.2) is 30.6 Å². The second-order valence-corrected chi connectivity index (χ2v) is 6.22. The van der Waals surface area contributed by atoms with E-state index in [-0.39, 0.29) is 12.0 Å². The number of carbonyl (C=O) groups is 2. The molecular formula is C20H23N3O5. The highest BCUT2D eigenvalue weighted by Crippen LogP contribution is 2.30. The number of nitrogens with zero attached hydrogens (tertiary/aromatic N) is 2. The van der Waals surface area contributed by atoms with Crippen molar-refractivity contribution in [3.05, 3.63) is 47.3 Å². The molecule has 0 unspecified atom stereocenters. The number of hydrogen-bond donors (Lipinski definition) is 1. The molecule has 0 aliphatic carbocycles. The largest absolute Gasteiger partial charge is 0.497 e. The van der Waals surface area contributed by atoms with Crippen molar-refractivity contribution in [1.82, 2.24) is 9.88 Å². The van der Waals surface area contributed by atoms with Gasteiger partial charge in [0.2, 0.25) is 0 Å². The smallest absolute Gasteiger partial charge is 0.410 e. The number of anilines is 1. The molecule has 2 aromatic rings. The first-order valence-electron chi connectivity index (χ1n) is 8.98. The lowest BCUT2D eigenvalue weighted by molar-refractivity contribution is 0.101. The molecule has 8 heteroatoms. The molecule has 0 saturated heterocycles. The summed E-state index contributed by atoms with van der Waals surface area (Å²) in [6.45, 7) is 2.95. The number of aromatic nitrogens is 1. The number of pyridine rings is 1. The van der Waals surface area contributed by atoms with Crippen LogP contribution in [0.3, 0.4) is 0 Å². The molecule has 2 amide bonds. The summed E-state index contributed by atoms with van der Waals surface area (Å²) in [5, 5.41) is 2.87. The second-order valence-electron chi connectivity index (χ2n) is 6.22. The van der Waals surface area contributed by atoms with E-state index in [2.05, 4.69) is 10.3 Å². The van der Waals surface area contributed by atoms with E-state index in [1.54, 1.807) is 49.5 Å². The van der Waals surface area contributed by atoms with E-state index in [4.69, 9.17) is 14.2 Å². The van der Waals surface area contributed by atoms with Gasteiger partial charge >= 0.3 is 6.09 Å². The van der Waals surface area contributed by atoms with Gasteiger partial charge in [0.25, 0.3) is 5.91 Å². The van der Waals surface area contributed by atoms with Gasteiger partial charge in [0, 0.05) is 25.0 Å². The number of rotatable bonds is 5. The molecular weight excluding hydrogens is 362 g/mol. The van der Waals surface area contributed by atoms with Gasteiger partial charge in [-0.25, -0.2) is 4.79 Å². The fourth-order valence-electron chi connectivity index (χ4n) is 3.15. The van der Waals surface area contributed by atoms with Crippen molar-refractivity contribution < 1.29 is 23.8 Å². The highest BCUT2D eigenvalue weighted by Gasteiger charge is 2.26. The molecule has 0 radical (unpaired) electrons. The van der Waals surface area contributed by atoms with Crippen LogP contribution in [0.4, 0.5) is 10.5 Å². The van der Waals surface area contributed by atoms with Crippen molar-refractivity contribution in [2.24, 2.45) is 0 Å². The maximum absolute atomic E-state index is 12.9. The minimum atomic E-state index is -0.356. The van der Waals surface area contributed by atoms with Crippen molar-refractivity contribution >= 4 is 17.7 Å². The number of amides is 2. The van der Waals surface area contributed by atoms with Crippen LogP contribution in [-0.2, 0) is 17.7 Å². The molecule has 0 bridgehead atoms. The third-order valence-electron chi connectivity index (χ3n) is 4.57. The van der Waals surface area contributed by atoms with E-state index in [0.717, 1.165) is 11.1 Å². The predicted octanol–water partition coefficient (Wildman–Crippen LogP) is 2.87. The molecule has 0 saturated carbocycles. The molecule has 8 nitrogen and oxygen atoms in total. The van der Waals surface area contributed by atoms with Gasteiger partial charge in [0.15, 0.2) is 0 Å². The molecule has 0 spiro atoms. The van der Waals surface area contributed by atoms with E-state index in [1.807, 2.05) is 0 Å². The summed E-state index contributed by atoms with van der Waals surface area (Å²) in [6, 6.07) is 5.17. The SMILES string of the molecule is CCOC(=O)N1CCc2c(cncc2C(=O)Nc2ccc(OC)cc2OC)C1. The zero-order chi connectivity index (χ0) is 20.1.